The number of aromatic carboxylic acids is 1. The van der Waals surface area contributed by atoms with E-state index in [1.54, 1.807) is 6.92 Å². The summed E-state index contributed by atoms with van der Waals surface area (Å²) < 4.78 is 27.8. The highest BCUT2D eigenvalue weighted by atomic mass is 32.2. The van der Waals surface area contributed by atoms with Gasteiger partial charge in [0.1, 0.15) is 4.90 Å². The van der Waals surface area contributed by atoms with Crippen LogP contribution in [0.25, 0.3) is 0 Å². The Hall–Kier alpha value is -1.60. The van der Waals surface area contributed by atoms with Crippen molar-refractivity contribution in [3.8, 4) is 0 Å². The Labute approximate surface area is 138 Å². The Morgan fingerprint density at radius 1 is 1.22 bits per heavy atom. The topological polar surface area (TPSA) is 95.5 Å². The molecule has 0 bridgehead atoms. The van der Waals surface area contributed by atoms with Crippen molar-refractivity contribution in [1.82, 2.24) is 4.72 Å². The first-order valence-corrected chi connectivity index (χ1v) is 9.35. The summed E-state index contributed by atoms with van der Waals surface area (Å²) >= 11 is 0. The number of carboxylic acid groups (broad SMARTS) is 1. The molecule has 0 aliphatic rings. The number of anilines is 1. The molecule has 0 amide bonds. The summed E-state index contributed by atoms with van der Waals surface area (Å²) in [5.74, 6) is -1.15. The van der Waals surface area contributed by atoms with E-state index in [-0.39, 0.29) is 22.5 Å². The van der Waals surface area contributed by atoms with Gasteiger partial charge in [-0.1, -0.05) is 20.3 Å². The molecule has 0 radical (unpaired) electrons. The molecule has 0 fully saturated rings. The SMILES string of the molecule is CCC[C@@H](C)Nc1ccc(C(=O)O)cc1S(=O)(=O)N[C@@H](C)CC. The molecule has 130 valence electrons. The molecule has 23 heavy (non-hydrogen) atoms. The molecule has 7 heteroatoms. The lowest BCUT2D eigenvalue weighted by Gasteiger charge is -2.19. The Morgan fingerprint density at radius 3 is 2.39 bits per heavy atom. The van der Waals surface area contributed by atoms with Crippen LogP contribution in [0.1, 0.15) is 57.3 Å². The average molecular weight is 342 g/mol. The number of hydrogen-bond acceptors (Lipinski definition) is 4. The van der Waals surface area contributed by atoms with E-state index in [1.165, 1.54) is 18.2 Å². The molecule has 6 nitrogen and oxygen atoms in total. The second kappa shape index (κ2) is 8.31. The Morgan fingerprint density at radius 2 is 1.87 bits per heavy atom. The molecule has 0 unspecified atom stereocenters. The molecule has 0 spiro atoms. The van der Waals surface area contributed by atoms with E-state index in [2.05, 4.69) is 10.0 Å². The van der Waals surface area contributed by atoms with Gasteiger partial charge in [0.25, 0.3) is 0 Å². The third-order valence-electron chi connectivity index (χ3n) is 3.61. The highest BCUT2D eigenvalue weighted by Gasteiger charge is 2.23. The van der Waals surface area contributed by atoms with Crippen molar-refractivity contribution in [3.63, 3.8) is 0 Å². The van der Waals surface area contributed by atoms with E-state index >= 15 is 0 Å². The van der Waals surface area contributed by atoms with Gasteiger partial charge < -0.3 is 10.4 Å². The van der Waals surface area contributed by atoms with Crippen molar-refractivity contribution in [2.45, 2.75) is 63.9 Å². The Kier molecular flexibility index (Phi) is 7.02. The summed E-state index contributed by atoms with van der Waals surface area (Å²) in [7, 11) is -3.79. The molecule has 1 aromatic carbocycles. The maximum absolute atomic E-state index is 12.6. The van der Waals surface area contributed by atoms with Crippen LogP contribution in [0.15, 0.2) is 23.1 Å². The van der Waals surface area contributed by atoms with Crippen molar-refractivity contribution in [2.75, 3.05) is 5.32 Å². The number of carboxylic acids is 1. The lowest BCUT2D eigenvalue weighted by Crippen LogP contribution is -2.33. The van der Waals surface area contributed by atoms with Crippen LogP contribution < -0.4 is 10.0 Å². The van der Waals surface area contributed by atoms with Crippen LogP contribution >= 0.6 is 0 Å². The van der Waals surface area contributed by atoms with Crippen molar-refractivity contribution >= 4 is 21.7 Å². The van der Waals surface area contributed by atoms with Crippen molar-refractivity contribution in [3.05, 3.63) is 23.8 Å². The summed E-state index contributed by atoms with van der Waals surface area (Å²) in [6.45, 7) is 7.66. The van der Waals surface area contributed by atoms with Crippen LogP contribution in [-0.2, 0) is 10.0 Å². The first-order chi connectivity index (χ1) is 10.7. The molecule has 2 atom stereocenters. The van der Waals surface area contributed by atoms with Crippen LogP contribution in [0.5, 0.6) is 0 Å². The highest BCUT2D eigenvalue weighted by molar-refractivity contribution is 7.89. The third kappa shape index (κ3) is 5.51. The maximum Gasteiger partial charge on any atom is 0.335 e. The molecular formula is C16H26N2O4S. The lowest BCUT2D eigenvalue weighted by atomic mass is 10.1. The predicted molar refractivity (Wildman–Crippen MR) is 91.5 cm³/mol. The quantitative estimate of drug-likeness (QED) is 0.641. The number of rotatable bonds is 9. The normalized spacial score (nSPS) is 14.3. The first-order valence-electron chi connectivity index (χ1n) is 7.87. The first kappa shape index (κ1) is 19.4. The van der Waals surface area contributed by atoms with E-state index in [0.717, 1.165) is 12.8 Å². The van der Waals surface area contributed by atoms with Gasteiger partial charge in [-0.2, -0.15) is 0 Å². The summed E-state index contributed by atoms with van der Waals surface area (Å²) in [6.07, 6.45) is 2.50. The second-order valence-corrected chi connectivity index (χ2v) is 7.46. The zero-order valence-electron chi connectivity index (χ0n) is 14.1. The zero-order valence-corrected chi connectivity index (χ0v) is 14.9. The van der Waals surface area contributed by atoms with Gasteiger partial charge in [-0.15, -0.1) is 0 Å². The average Bonchev–Trinajstić information content (AvgIpc) is 2.46. The Balaban J connectivity index is 3.28. The largest absolute Gasteiger partial charge is 0.478 e. The lowest BCUT2D eigenvalue weighted by molar-refractivity contribution is 0.0696. The van der Waals surface area contributed by atoms with E-state index in [1.807, 2.05) is 20.8 Å². The van der Waals surface area contributed by atoms with Gasteiger partial charge in [-0.05, 0) is 44.9 Å². The third-order valence-corrected chi connectivity index (χ3v) is 5.24. The predicted octanol–water partition coefficient (Wildman–Crippen LogP) is 3.06. The van der Waals surface area contributed by atoms with Gasteiger partial charge in [0.05, 0.1) is 11.3 Å². The molecule has 0 aromatic heterocycles. The highest BCUT2D eigenvalue weighted by Crippen LogP contribution is 2.25. The molecular weight excluding hydrogens is 316 g/mol. The fourth-order valence-electron chi connectivity index (χ4n) is 2.18. The monoisotopic (exact) mass is 342 g/mol. The van der Waals surface area contributed by atoms with E-state index in [9.17, 15) is 13.2 Å². The second-order valence-electron chi connectivity index (χ2n) is 5.78. The van der Waals surface area contributed by atoms with Gasteiger partial charge in [0, 0.05) is 12.1 Å². The van der Waals surface area contributed by atoms with E-state index < -0.39 is 16.0 Å². The van der Waals surface area contributed by atoms with Gasteiger partial charge in [-0.25, -0.2) is 17.9 Å². The summed E-state index contributed by atoms with van der Waals surface area (Å²) in [5.41, 5.74) is 0.370. The van der Waals surface area contributed by atoms with Crippen molar-refractivity contribution in [1.29, 1.82) is 0 Å². The van der Waals surface area contributed by atoms with E-state index in [4.69, 9.17) is 5.11 Å². The number of carbonyl (C=O) groups is 1. The number of nitrogens with one attached hydrogen (secondary N) is 2. The van der Waals surface area contributed by atoms with Crippen LogP contribution in [0.4, 0.5) is 5.69 Å². The minimum absolute atomic E-state index is 0.0272. The minimum Gasteiger partial charge on any atom is -0.478 e. The Bertz CT molecular complexity index is 643. The summed E-state index contributed by atoms with van der Waals surface area (Å²) in [5, 5.41) is 12.3. The van der Waals surface area contributed by atoms with Crippen LogP contribution in [0.2, 0.25) is 0 Å². The smallest absolute Gasteiger partial charge is 0.335 e. The van der Waals surface area contributed by atoms with Gasteiger partial charge >= 0.3 is 5.97 Å². The van der Waals surface area contributed by atoms with Crippen LogP contribution in [-0.4, -0.2) is 31.6 Å². The maximum atomic E-state index is 12.6. The van der Waals surface area contributed by atoms with Gasteiger partial charge in [-0.3, -0.25) is 0 Å². The number of sulfonamides is 1. The number of benzene rings is 1. The molecule has 3 N–H and O–H groups in total. The van der Waals surface area contributed by atoms with Gasteiger partial charge in [0.15, 0.2) is 0 Å². The van der Waals surface area contributed by atoms with Crippen LogP contribution in [0, 0.1) is 0 Å². The van der Waals surface area contributed by atoms with Crippen LogP contribution in [0.3, 0.4) is 0 Å². The summed E-state index contributed by atoms with van der Waals surface area (Å²) in [6, 6.07) is 3.99. The van der Waals surface area contributed by atoms with Crippen molar-refractivity contribution in [2.24, 2.45) is 0 Å². The fraction of sp³-hybridized carbons (Fsp3) is 0.562. The molecule has 1 rings (SSSR count). The fourth-order valence-corrected chi connectivity index (χ4v) is 3.70. The molecule has 0 heterocycles. The molecule has 0 aliphatic heterocycles. The minimum atomic E-state index is -3.79. The zero-order chi connectivity index (χ0) is 17.6. The molecule has 0 saturated carbocycles. The van der Waals surface area contributed by atoms with Crippen molar-refractivity contribution < 1.29 is 18.3 Å². The molecule has 0 aliphatic carbocycles. The molecule has 1 aromatic rings. The summed E-state index contributed by atoms with van der Waals surface area (Å²) in [4.78, 5) is 11.1. The van der Waals surface area contributed by atoms with E-state index in [0.29, 0.717) is 12.1 Å². The molecule has 0 saturated heterocycles. The van der Waals surface area contributed by atoms with Gasteiger partial charge in [0.2, 0.25) is 10.0 Å². The standard InChI is InChI=1S/C16H26N2O4S/c1-5-7-12(4)17-14-9-8-13(16(19)20)10-15(14)23(21,22)18-11(3)6-2/h8-12,17-18H,5-7H2,1-4H3,(H,19,20)/t11-,12+/m0/s1. The number of hydrogen-bond donors (Lipinski definition) is 3.